The van der Waals surface area contributed by atoms with Crippen LogP contribution in [0.15, 0.2) is 18.2 Å². The van der Waals surface area contributed by atoms with Gasteiger partial charge < -0.3 is 5.32 Å². The van der Waals surface area contributed by atoms with Gasteiger partial charge in [-0.1, -0.05) is 0 Å². The van der Waals surface area contributed by atoms with Crippen molar-refractivity contribution < 1.29 is 9.18 Å². The number of hydrogen-bond donors (Lipinski definition) is 1. The molecule has 3 aliphatic heterocycles. The van der Waals surface area contributed by atoms with Crippen LogP contribution in [0.25, 0.3) is 10.1 Å². The number of halogens is 1. The summed E-state index contributed by atoms with van der Waals surface area (Å²) in [5.41, 5.74) is 1.09. The number of carbonyl (C=O) groups excluding carboxylic acids is 1. The predicted molar refractivity (Wildman–Crippen MR) is 103 cm³/mol. The van der Waals surface area contributed by atoms with Gasteiger partial charge in [-0.2, -0.15) is 0 Å². The van der Waals surface area contributed by atoms with Gasteiger partial charge in [-0.05, 0) is 93.6 Å². The molecule has 0 radical (unpaired) electrons. The number of thiophene rings is 1. The van der Waals surface area contributed by atoms with Gasteiger partial charge in [-0.15, -0.1) is 11.3 Å². The average molecular weight is 373 g/mol. The minimum absolute atomic E-state index is 0.000167. The zero-order chi connectivity index (χ0) is 18.1. The maximum atomic E-state index is 14.0. The van der Waals surface area contributed by atoms with Crippen molar-refractivity contribution >= 4 is 27.3 Å². The third-order valence-corrected chi connectivity index (χ3v) is 7.92. The molecule has 3 saturated heterocycles. The van der Waals surface area contributed by atoms with E-state index in [0.717, 1.165) is 54.4 Å². The SMILES string of the molecule is CC1(C)[C@@H](NC(=O)c2cc3cc(F)cc(C4CC4)c3s2)C2CCN1CC2. The molecule has 0 spiro atoms. The number of nitrogens with zero attached hydrogens (tertiary/aromatic N) is 1. The Morgan fingerprint density at radius 2 is 1.92 bits per heavy atom. The molecule has 2 bridgehead atoms. The molecule has 1 atom stereocenters. The fraction of sp³-hybridized carbons (Fsp3) is 0.571. The number of fused-ring (bicyclic) bond motifs is 4. The number of rotatable bonds is 3. The highest BCUT2D eigenvalue weighted by molar-refractivity contribution is 7.21. The monoisotopic (exact) mass is 372 g/mol. The summed E-state index contributed by atoms with van der Waals surface area (Å²) in [5, 5.41) is 4.20. The summed E-state index contributed by atoms with van der Waals surface area (Å²) >= 11 is 1.53. The molecule has 1 saturated carbocycles. The number of benzene rings is 1. The van der Waals surface area contributed by atoms with Gasteiger partial charge in [0.05, 0.1) is 4.88 Å². The highest BCUT2D eigenvalue weighted by atomic mass is 32.1. The summed E-state index contributed by atoms with van der Waals surface area (Å²) in [6.45, 7) is 6.76. The van der Waals surface area contributed by atoms with Gasteiger partial charge in [-0.25, -0.2) is 4.39 Å². The summed E-state index contributed by atoms with van der Waals surface area (Å²) < 4.78 is 15.1. The molecule has 5 heteroatoms. The normalized spacial score (nSPS) is 29.9. The fourth-order valence-electron chi connectivity index (χ4n) is 5.04. The maximum Gasteiger partial charge on any atom is 0.261 e. The fourth-order valence-corrected chi connectivity index (χ4v) is 6.18. The Kier molecular flexibility index (Phi) is 3.70. The lowest BCUT2D eigenvalue weighted by atomic mass is 9.72. The van der Waals surface area contributed by atoms with Crippen LogP contribution in [0.4, 0.5) is 4.39 Å². The van der Waals surface area contributed by atoms with Crippen molar-refractivity contribution in [1.82, 2.24) is 10.2 Å². The van der Waals surface area contributed by atoms with Gasteiger partial charge in [0.25, 0.3) is 5.91 Å². The van der Waals surface area contributed by atoms with Gasteiger partial charge in [0.15, 0.2) is 0 Å². The van der Waals surface area contributed by atoms with Gasteiger partial charge in [-0.3, -0.25) is 9.69 Å². The van der Waals surface area contributed by atoms with Crippen LogP contribution in [0.3, 0.4) is 0 Å². The smallest absolute Gasteiger partial charge is 0.261 e. The first-order valence-electron chi connectivity index (χ1n) is 9.72. The van der Waals surface area contributed by atoms with Crippen LogP contribution in [-0.4, -0.2) is 35.5 Å². The van der Waals surface area contributed by atoms with Crippen molar-refractivity contribution in [3.8, 4) is 0 Å². The van der Waals surface area contributed by atoms with Crippen molar-refractivity contribution in [2.45, 2.75) is 57.0 Å². The highest BCUT2D eigenvalue weighted by Gasteiger charge is 2.48. The molecule has 4 fully saturated rings. The van der Waals surface area contributed by atoms with Crippen molar-refractivity contribution in [3.63, 3.8) is 0 Å². The summed E-state index contributed by atoms with van der Waals surface area (Å²) in [6.07, 6.45) is 4.59. The zero-order valence-electron chi connectivity index (χ0n) is 15.3. The summed E-state index contributed by atoms with van der Waals surface area (Å²) in [4.78, 5) is 16.2. The number of amides is 1. The number of nitrogens with one attached hydrogen (secondary N) is 1. The van der Waals surface area contributed by atoms with E-state index >= 15 is 0 Å². The summed E-state index contributed by atoms with van der Waals surface area (Å²) in [6, 6.07) is 5.28. The third kappa shape index (κ3) is 2.59. The number of piperidine rings is 3. The molecule has 1 aromatic carbocycles. The van der Waals surface area contributed by atoms with E-state index in [4.69, 9.17) is 0 Å². The van der Waals surface area contributed by atoms with E-state index in [1.165, 1.54) is 11.3 Å². The first-order valence-corrected chi connectivity index (χ1v) is 10.5. The Bertz CT molecular complexity index is 878. The van der Waals surface area contributed by atoms with E-state index in [2.05, 4.69) is 24.1 Å². The van der Waals surface area contributed by atoms with E-state index in [9.17, 15) is 9.18 Å². The van der Waals surface area contributed by atoms with E-state index < -0.39 is 0 Å². The minimum atomic E-state index is -0.192. The van der Waals surface area contributed by atoms with Crippen LogP contribution in [0.5, 0.6) is 0 Å². The summed E-state index contributed by atoms with van der Waals surface area (Å²) in [5.74, 6) is 0.847. The molecule has 0 unspecified atom stereocenters. The molecule has 26 heavy (non-hydrogen) atoms. The lowest BCUT2D eigenvalue weighted by molar-refractivity contribution is -0.0377. The van der Waals surface area contributed by atoms with Crippen LogP contribution < -0.4 is 5.32 Å². The maximum absolute atomic E-state index is 14.0. The van der Waals surface area contributed by atoms with Crippen molar-refractivity contribution in [1.29, 1.82) is 0 Å². The van der Waals surface area contributed by atoms with Crippen molar-refractivity contribution in [2.24, 2.45) is 5.92 Å². The average Bonchev–Trinajstić information content (AvgIpc) is 3.36. The second-order valence-electron chi connectivity index (χ2n) is 8.73. The lowest BCUT2D eigenvalue weighted by Crippen LogP contribution is -2.69. The van der Waals surface area contributed by atoms with Crippen molar-refractivity contribution in [3.05, 3.63) is 34.5 Å². The topological polar surface area (TPSA) is 32.3 Å². The van der Waals surface area contributed by atoms with E-state index in [1.54, 1.807) is 12.1 Å². The van der Waals surface area contributed by atoms with E-state index in [1.807, 2.05) is 6.07 Å². The molecule has 3 nitrogen and oxygen atoms in total. The second-order valence-corrected chi connectivity index (χ2v) is 9.78. The van der Waals surface area contributed by atoms with Gasteiger partial charge in [0.2, 0.25) is 0 Å². The molecule has 6 rings (SSSR count). The Balaban J connectivity index is 1.45. The van der Waals surface area contributed by atoms with Gasteiger partial charge in [0.1, 0.15) is 5.82 Å². The molecule has 138 valence electrons. The molecular weight excluding hydrogens is 347 g/mol. The number of hydrogen-bond acceptors (Lipinski definition) is 3. The van der Waals surface area contributed by atoms with Crippen LogP contribution in [0.1, 0.15) is 60.7 Å². The van der Waals surface area contributed by atoms with Crippen LogP contribution >= 0.6 is 11.3 Å². The largest absolute Gasteiger partial charge is 0.346 e. The zero-order valence-corrected chi connectivity index (χ0v) is 16.2. The molecule has 1 aliphatic carbocycles. The first kappa shape index (κ1) is 16.7. The Labute approximate surface area is 157 Å². The Morgan fingerprint density at radius 3 is 2.58 bits per heavy atom. The van der Waals surface area contributed by atoms with E-state index in [-0.39, 0.29) is 23.3 Å². The van der Waals surface area contributed by atoms with Gasteiger partial charge >= 0.3 is 0 Å². The molecular formula is C21H25FN2OS. The Hall–Kier alpha value is -1.46. The first-order chi connectivity index (χ1) is 12.4. The minimum Gasteiger partial charge on any atom is -0.346 e. The molecule has 4 aliphatic rings. The Morgan fingerprint density at radius 1 is 1.19 bits per heavy atom. The molecule has 2 aromatic rings. The summed E-state index contributed by atoms with van der Waals surface area (Å²) in [7, 11) is 0. The third-order valence-electron chi connectivity index (χ3n) is 6.72. The molecule has 1 aromatic heterocycles. The quantitative estimate of drug-likeness (QED) is 0.859. The predicted octanol–water partition coefficient (Wildman–Crippen LogP) is 4.52. The lowest BCUT2D eigenvalue weighted by Gasteiger charge is -2.56. The van der Waals surface area contributed by atoms with Crippen LogP contribution in [0.2, 0.25) is 0 Å². The van der Waals surface area contributed by atoms with Crippen molar-refractivity contribution in [2.75, 3.05) is 13.1 Å². The van der Waals surface area contributed by atoms with Gasteiger partial charge in [0, 0.05) is 16.3 Å². The van der Waals surface area contributed by atoms with E-state index in [0.29, 0.717) is 16.7 Å². The number of carbonyl (C=O) groups is 1. The molecule has 4 heterocycles. The molecule has 1 N–H and O–H groups in total. The second kappa shape index (κ2) is 5.77. The standard InChI is InChI=1S/C21H25FN2OS/c1-21(2)19(13-5-7-24(21)8-6-13)23-20(25)17-10-14-9-15(22)11-16(12-3-4-12)18(14)26-17/h9-13,19H,3-8H2,1-2H3,(H,23,25)/t19-/m0/s1. The highest BCUT2D eigenvalue weighted by Crippen LogP contribution is 2.45. The van der Waals surface area contributed by atoms with Crippen LogP contribution in [-0.2, 0) is 0 Å². The molecule has 1 amide bonds. The van der Waals surface area contributed by atoms with Crippen LogP contribution in [0, 0.1) is 11.7 Å².